The number of nitrogens with one attached hydrogen (secondary N) is 2. The third-order valence-electron chi connectivity index (χ3n) is 6.60. The predicted molar refractivity (Wildman–Crippen MR) is 130 cm³/mol. The molecule has 5 rings (SSSR count). The second kappa shape index (κ2) is 10.3. The SMILES string of the molecule is O=C(/C=C/CN1CCNCC1)N1CCc2c(cn3ncnc(N[C@H](CO)c4ccccc4)c23)C1. The minimum absolute atomic E-state index is 0.0462. The average molecular weight is 462 g/mol. The highest BCUT2D eigenvalue weighted by Crippen LogP contribution is 2.30. The van der Waals surface area contributed by atoms with Gasteiger partial charge < -0.3 is 20.6 Å². The molecule has 0 aliphatic carbocycles. The van der Waals surface area contributed by atoms with Gasteiger partial charge in [0.15, 0.2) is 5.82 Å². The Kier molecular flexibility index (Phi) is 6.84. The van der Waals surface area contributed by atoms with Crippen molar-refractivity contribution in [1.29, 1.82) is 0 Å². The van der Waals surface area contributed by atoms with Crippen LogP contribution in [0.4, 0.5) is 5.82 Å². The summed E-state index contributed by atoms with van der Waals surface area (Å²) in [7, 11) is 0. The topological polar surface area (TPSA) is 98.0 Å². The van der Waals surface area contributed by atoms with Crippen molar-refractivity contribution in [2.24, 2.45) is 0 Å². The van der Waals surface area contributed by atoms with Crippen LogP contribution < -0.4 is 10.6 Å². The van der Waals surface area contributed by atoms with E-state index in [1.807, 2.05) is 52.0 Å². The molecule has 3 N–H and O–H groups in total. The number of rotatable bonds is 7. The second-order valence-electron chi connectivity index (χ2n) is 8.79. The minimum atomic E-state index is -0.270. The van der Waals surface area contributed by atoms with E-state index in [-0.39, 0.29) is 18.6 Å². The van der Waals surface area contributed by atoms with Crippen molar-refractivity contribution < 1.29 is 9.90 Å². The molecule has 0 radical (unpaired) electrons. The Bertz CT molecular complexity index is 1150. The number of anilines is 1. The fourth-order valence-corrected chi connectivity index (χ4v) is 4.75. The molecule has 0 bridgehead atoms. The number of nitrogens with zero attached hydrogens (tertiary/aromatic N) is 5. The molecule has 9 heteroatoms. The molecule has 2 aromatic heterocycles. The molecule has 0 unspecified atom stereocenters. The lowest BCUT2D eigenvalue weighted by Crippen LogP contribution is -2.43. The van der Waals surface area contributed by atoms with E-state index in [1.54, 1.807) is 6.08 Å². The molecule has 1 fully saturated rings. The van der Waals surface area contributed by atoms with E-state index in [0.29, 0.717) is 18.9 Å². The summed E-state index contributed by atoms with van der Waals surface area (Å²) in [6.45, 7) is 6.00. The molecule has 4 heterocycles. The smallest absolute Gasteiger partial charge is 0.246 e. The van der Waals surface area contributed by atoms with Gasteiger partial charge in [-0.25, -0.2) is 9.50 Å². The third-order valence-corrected chi connectivity index (χ3v) is 6.60. The van der Waals surface area contributed by atoms with Crippen LogP contribution in [0.2, 0.25) is 0 Å². The molecule has 1 atom stereocenters. The zero-order valence-electron chi connectivity index (χ0n) is 19.2. The number of amides is 1. The van der Waals surface area contributed by atoms with Crippen LogP contribution in [0.1, 0.15) is 22.7 Å². The normalized spacial score (nSPS) is 17.7. The summed E-state index contributed by atoms with van der Waals surface area (Å²) in [5, 5.41) is 21.1. The lowest BCUT2D eigenvalue weighted by molar-refractivity contribution is -0.126. The number of hydrogen-bond acceptors (Lipinski definition) is 7. The fraction of sp³-hybridized carbons (Fsp3) is 0.400. The summed E-state index contributed by atoms with van der Waals surface area (Å²) >= 11 is 0. The Labute approximate surface area is 199 Å². The summed E-state index contributed by atoms with van der Waals surface area (Å²) in [6, 6.07) is 9.57. The fourth-order valence-electron chi connectivity index (χ4n) is 4.75. The van der Waals surface area contributed by atoms with Crippen LogP contribution in [0, 0.1) is 0 Å². The monoisotopic (exact) mass is 461 g/mol. The highest BCUT2D eigenvalue weighted by Gasteiger charge is 2.25. The number of carbonyl (C=O) groups excluding carboxylic acids is 1. The van der Waals surface area contributed by atoms with Crippen molar-refractivity contribution in [2.75, 3.05) is 51.2 Å². The van der Waals surface area contributed by atoms with E-state index in [2.05, 4.69) is 25.6 Å². The van der Waals surface area contributed by atoms with Crippen molar-refractivity contribution in [3.05, 3.63) is 71.7 Å². The lowest BCUT2D eigenvalue weighted by Gasteiger charge is -2.27. The number of aliphatic hydroxyl groups excluding tert-OH is 1. The highest BCUT2D eigenvalue weighted by molar-refractivity contribution is 5.88. The Morgan fingerprint density at radius 1 is 1.21 bits per heavy atom. The summed E-state index contributed by atoms with van der Waals surface area (Å²) in [4.78, 5) is 21.5. The lowest BCUT2D eigenvalue weighted by atomic mass is 10.0. The van der Waals surface area contributed by atoms with Crippen LogP contribution >= 0.6 is 0 Å². The van der Waals surface area contributed by atoms with Crippen molar-refractivity contribution in [3.63, 3.8) is 0 Å². The van der Waals surface area contributed by atoms with Crippen LogP contribution in [0.25, 0.3) is 5.52 Å². The first kappa shape index (κ1) is 22.5. The minimum Gasteiger partial charge on any atom is -0.394 e. The number of carbonyl (C=O) groups is 1. The summed E-state index contributed by atoms with van der Waals surface area (Å²) in [5.74, 6) is 0.736. The number of piperazine rings is 1. The van der Waals surface area contributed by atoms with Gasteiger partial charge in [-0.05, 0) is 23.1 Å². The molecule has 1 amide bonds. The summed E-state index contributed by atoms with van der Waals surface area (Å²) < 4.78 is 1.83. The first-order valence-corrected chi connectivity index (χ1v) is 11.9. The quantitative estimate of drug-likeness (QED) is 0.455. The van der Waals surface area contributed by atoms with Gasteiger partial charge in [-0.15, -0.1) is 0 Å². The van der Waals surface area contributed by atoms with Crippen molar-refractivity contribution in [3.8, 4) is 0 Å². The molecule has 1 aromatic carbocycles. The Balaban J connectivity index is 1.30. The number of aromatic nitrogens is 3. The first-order valence-electron chi connectivity index (χ1n) is 11.9. The Hall–Kier alpha value is -3.27. The molecule has 9 nitrogen and oxygen atoms in total. The van der Waals surface area contributed by atoms with E-state index in [1.165, 1.54) is 6.33 Å². The number of benzene rings is 1. The van der Waals surface area contributed by atoms with Gasteiger partial charge in [-0.2, -0.15) is 5.10 Å². The zero-order chi connectivity index (χ0) is 23.3. The highest BCUT2D eigenvalue weighted by atomic mass is 16.3. The molecule has 2 aliphatic heterocycles. The Morgan fingerprint density at radius 3 is 2.82 bits per heavy atom. The number of hydrogen-bond donors (Lipinski definition) is 3. The summed E-state index contributed by atoms with van der Waals surface area (Å²) in [6.07, 6.45) is 7.92. The molecule has 3 aromatic rings. The molecule has 34 heavy (non-hydrogen) atoms. The standard InChI is InChI=1S/C25H31N7O2/c33-17-22(19-5-2-1-3-6-19)29-25-24-21-8-12-31(15-20(21)16-32(24)28-18-27-25)23(34)7-4-11-30-13-9-26-10-14-30/h1-7,16,18,22,26,33H,8-15,17H2,(H,27,28,29)/b7-4+/t22-/m1/s1. The van der Waals surface area contributed by atoms with Gasteiger partial charge in [0.25, 0.3) is 0 Å². The molecular formula is C25H31N7O2. The van der Waals surface area contributed by atoms with Crippen LogP contribution in [-0.4, -0.2) is 81.3 Å². The van der Waals surface area contributed by atoms with E-state index in [0.717, 1.165) is 61.4 Å². The molecule has 2 aliphatic rings. The maximum atomic E-state index is 12.8. The van der Waals surface area contributed by atoms with Gasteiger partial charge in [0.05, 0.1) is 12.6 Å². The van der Waals surface area contributed by atoms with Crippen molar-refractivity contribution in [1.82, 2.24) is 29.7 Å². The van der Waals surface area contributed by atoms with Gasteiger partial charge in [-0.1, -0.05) is 36.4 Å². The zero-order valence-corrected chi connectivity index (χ0v) is 19.2. The van der Waals surface area contributed by atoms with E-state index in [9.17, 15) is 9.90 Å². The van der Waals surface area contributed by atoms with Gasteiger partial charge >= 0.3 is 0 Å². The van der Waals surface area contributed by atoms with Crippen molar-refractivity contribution in [2.45, 2.75) is 19.0 Å². The van der Waals surface area contributed by atoms with Gasteiger partial charge in [0, 0.05) is 58.1 Å². The maximum absolute atomic E-state index is 12.8. The largest absolute Gasteiger partial charge is 0.394 e. The van der Waals surface area contributed by atoms with Crippen LogP contribution in [0.5, 0.6) is 0 Å². The summed E-state index contributed by atoms with van der Waals surface area (Å²) in [5.41, 5.74) is 4.14. The maximum Gasteiger partial charge on any atom is 0.246 e. The van der Waals surface area contributed by atoms with Gasteiger partial charge in [0.1, 0.15) is 11.8 Å². The first-order chi connectivity index (χ1) is 16.7. The Morgan fingerprint density at radius 2 is 2.03 bits per heavy atom. The average Bonchev–Trinajstić information content (AvgIpc) is 3.27. The second-order valence-corrected chi connectivity index (χ2v) is 8.79. The van der Waals surface area contributed by atoms with Crippen LogP contribution in [0.3, 0.4) is 0 Å². The van der Waals surface area contributed by atoms with Gasteiger partial charge in [-0.3, -0.25) is 9.69 Å². The van der Waals surface area contributed by atoms with Gasteiger partial charge in [0.2, 0.25) is 5.91 Å². The van der Waals surface area contributed by atoms with Crippen LogP contribution in [-0.2, 0) is 17.8 Å². The van der Waals surface area contributed by atoms with E-state index >= 15 is 0 Å². The molecule has 0 saturated carbocycles. The molecular weight excluding hydrogens is 430 g/mol. The number of aliphatic hydroxyl groups is 1. The van der Waals surface area contributed by atoms with E-state index in [4.69, 9.17) is 0 Å². The predicted octanol–water partition coefficient (Wildman–Crippen LogP) is 1.22. The molecule has 178 valence electrons. The molecule has 0 spiro atoms. The number of fused-ring (bicyclic) bond motifs is 3. The third kappa shape index (κ3) is 4.82. The van der Waals surface area contributed by atoms with Crippen molar-refractivity contribution >= 4 is 17.2 Å². The van der Waals surface area contributed by atoms with Crippen LogP contribution in [0.15, 0.2) is 55.0 Å². The van der Waals surface area contributed by atoms with E-state index < -0.39 is 0 Å². The molecule has 1 saturated heterocycles.